The number of phenols is 1. The average Bonchev–Trinajstić information content (AvgIpc) is 2.48. The molecule has 2 rings (SSSR count). The van der Waals surface area contributed by atoms with Crippen molar-refractivity contribution in [2.24, 2.45) is 0 Å². The highest BCUT2D eigenvalue weighted by Gasteiger charge is 2.05. The average molecular weight is 271 g/mol. The van der Waals surface area contributed by atoms with Crippen molar-refractivity contribution in [3.05, 3.63) is 65.7 Å². The molecule has 3 heteroatoms. The minimum atomic E-state index is -0.461. The van der Waals surface area contributed by atoms with E-state index in [9.17, 15) is 10.2 Å². The zero-order chi connectivity index (χ0) is 14.2. The Morgan fingerprint density at radius 2 is 1.80 bits per heavy atom. The molecule has 0 amide bonds. The Hall–Kier alpha value is -1.84. The topological polar surface area (TPSA) is 52.5 Å². The van der Waals surface area contributed by atoms with Crippen molar-refractivity contribution in [3.8, 4) is 5.75 Å². The van der Waals surface area contributed by atoms with Crippen LogP contribution in [0.25, 0.3) is 0 Å². The second-order valence-corrected chi connectivity index (χ2v) is 4.90. The molecule has 3 N–H and O–H groups in total. The largest absolute Gasteiger partial charge is 0.508 e. The van der Waals surface area contributed by atoms with Crippen LogP contribution in [0.4, 0.5) is 0 Å². The summed E-state index contributed by atoms with van der Waals surface area (Å²) in [6.45, 7) is 1.41. The second-order valence-electron chi connectivity index (χ2n) is 4.90. The Labute approximate surface area is 119 Å². The number of aliphatic hydroxyl groups is 1. The van der Waals surface area contributed by atoms with Crippen LogP contribution in [0.3, 0.4) is 0 Å². The highest BCUT2D eigenvalue weighted by atomic mass is 16.3. The van der Waals surface area contributed by atoms with Gasteiger partial charge in [-0.25, -0.2) is 0 Å². The van der Waals surface area contributed by atoms with Crippen molar-refractivity contribution in [1.29, 1.82) is 0 Å². The number of benzene rings is 2. The van der Waals surface area contributed by atoms with Gasteiger partial charge in [0.15, 0.2) is 0 Å². The van der Waals surface area contributed by atoms with Gasteiger partial charge >= 0.3 is 0 Å². The van der Waals surface area contributed by atoms with E-state index in [1.807, 2.05) is 42.5 Å². The molecule has 2 aromatic carbocycles. The predicted octanol–water partition coefficient (Wildman–Crippen LogP) is 2.65. The molecule has 0 bridgehead atoms. The van der Waals surface area contributed by atoms with Crippen LogP contribution in [0.15, 0.2) is 54.6 Å². The van der Waals surface area contributed by atoms with Gasteiger partial charge in [0.2, 0.25) is 0 Å². The molecule has 0 spiro atoms. The monoisotopic (exact) mass is 271 g/mol. The molecular weight excluding hydrogens is 250 g/mol. The number of phenolic OH excluding ortho intramolecular Hbond substituents is 1. The molecule has 0 heterocycles. The third-order valence-electron chi connectivity index (χ3n) is 3.25. The quantitative estimate of drug-likeness (QED) is 0.679. The predicted molar refractivity (Wildman–Crippen MR) is 80.7 cm³/mol. The molecule has 0 aliphatic rings. The lowest BCUT2D eigenvalue weighted by molar-refractivity contribution is 0.175. The zero-order valence-corrected chi connectivity index (χ0v) is 11.5. The highest BCUT2D eigenvalue weighted by Crippen LogP contribution is 2.12. The van der Waals surface area contributed by atoms with Gasteiger partial charge in [-0.05, 0) is 42.6 Å². The number of aromatic hydroxyl groups is 1. The smallest absolute Gasteiger partial charge is 0.115 e. The van der Waals surface area contributed by atoms with Gasteiger partial charge in [-0.1, -0.05) is 42.5 Å². The minimum Gasteiger partial charge on any atom is -0.508 e. The summed E-state index contributed by atoms with van der Waals surface area (Å²) in [5.74, 6) is 0.315. The molecule has 1 atom stereocenters. The van der Waals surface area contributed by atoms with Gasteiger partial charge in [0.25, 0.3) is 0 Å². The van der Waals surface area contributed by atoms with Gasteiger partial charge in [0.1, 0.15) is 5.75 Å². The van der Waals surface area contributed by atoms with E-state index in [2.05, 4.69) is 5.32 Å². The lowest BCUT2D eigenvalue weighted by Gasteiger charge is -2.12. The van der Waals surface area contributed by atoms with Crippen LogP contribution in [-0.2, 0) is 6.42 Å². The number of nitrogens with one attached hydrogen (secondary N) is 1. The van der Waals surface area contributed by atoms with E-state index in [-0.39, 0.29) is 0 Å². The normalized spacial score (nSPS) is 12.2. The number of aliphatic hydroxyl groups excluding tert-OH is 1. The molecule has 0 fully saturated rings. The minimum absolute atomic E-state index is 0.315. The SMILES string of the molecule is Oc1cccc(CCCNC[C@H](O)c2ccccc2)c1. The second kappa shape index (κ2) is 7.68. The fourth-order valence-electron chi connectivity index (χ4n) is 2.16. The van der Waals surface area contributed by atoms with E-state index in [0.29, 0.717) is 12.3 Å². The van der Waals surface area contributed by atoms with Crippen LogP contribution in [0.5, 0.6) is 5.75 Å². The van der Waals surface area contributed by atoms with Gasteiger partial charge in [-0.15, -0.1) is 0 Å². The maximum Gasteiger partial charge on any atom is 0.115 e. The first-order valence-electron chi connectivity index (χ1n) is 6.97. The van der Waals surface area contributed by atoms with E-state index in [4.69, 9.17) is 0 Å². The lowest BCUT2D eigenvalue weighted by atomic mass is 10.1. The number of hydrogen-bond acceptors (Lipinski definition) is 3. The zero-order valence-electron chi connectivity index (χ0n) is 11.5. The lowest BCUT2D eigenvalue weighted by Crippen LogP contribution is -2.22. The molecule has 0 aliphatic heterocycles. The maximum absolute atomic E-state index is 9.98. The molecule has 0 aliphatic carbocycles. The van der Waals surface area contributed by atoms with E-state index in [0.717, 1.165) is 30.5 Å². The molecule has 0 saturated heterocycles. The molecule has 0 unspecified atom stereocenters. The van der Waals surface area contributed by atoms with Crippen LogP contribution in [0, 0.1) is 0 Å². The summed E-state index contributed by atoms with van der Waals surface area (Å²) < 4.78 is 0. The van der Waals surface area contributed by atoms with Crippen molar-refractivity contribution in [2.45, 2.75) is 18.9 Å². The Morgan fingerprint density at radius 1 is 1.00 bits per heavy atom. The van der Waals surface area contributed by atoms with Crippen LogP contribution in [0.1, 0.15) is 23.7 Å². The highest BCUT2D eigenvalue weighted by molar-refractivity contribution is 5.27. The first-order valence-corrected chi connectivity index (χ1v) is 6.97. The molecular formula is C17H21NO2. The summed E-state index contributed by atoms with van der Waals surface area (Å²) in [7, 11) is 0. The summed E-state index contributed by atoms with van der Waals surface area (Å²) in [5.41, 5.74) is 2.07. The Bertz CT molecular complexity index is 513. The van der Waals surface area contributed by atoms with E-state index in [1.54, 1.807) is 12.1 Å². The standard InChI is InChI=1S/C17H21NO2/c19-16-10-4-6-14(12-16)7-5-11-18-13-17(20)15-8-2-1-3-9-15/h1-4,6,8-10,12,17-20H,5,7,11,13H2/t17-/m0/s1. The van der Waals surface area contributed by atoms with Crippen molar-refractivity contribution in [3.63, 3.8) is 0 Å². The number of hydrogen-bond donors (Lipinski definition) is 3. The van der Waals surface area contributed by atoms with Crippen LogP contribution >= 0.6 is 0 Å². The van der Waals surface area contributed by atoms with Gasteiger partial charge < -0.3 is 15.5 Å². The summed E-state index contributed by atoms with van der Waals surface area (Å²) in [5, 5.41) is 22.6. The summed E-state index contributed by atoms with van der Waals surface area (Å²) in [6, 6.07) is 17.0. The molecule has 0 aromatic heterocycles. The van der Waals surface area contributed by atoms with Gasteiger partial charge in [0.05, 0.1) is 6.10 Å². The summed E-state index contributed by atoms with van der Waals surface area (Å²) >= 11 is 0. The van der Waals surface area contributed by atoms with E-state index < -0.39 is 6.10 Å². The summed E-state index contributed by atoms with van der Waals surface area (Å²) in [6.07, 6.45) is 1.44. The summed E-state index contributed by atoms with van der Waals surface area (Å²) in [4.78, 5) is 0. The van der Waals surface area contributed by atoms with Gasteiger partial charge in [0, 0.05) is 6.54 Å². The molecule has 2 aromatic rings. The van der Waals surface area contributed by atoms with Crippen molar-refractivity contribution >= 4 is 0 Å². The molecule has 20 heavy (non-hydrogen) atoms. The Morgan fingerprint density at radius 3 is 2.55 bits per heavy atom. The third kappa shape index (κ3) is 4.68. The first kappa shape index (κ1) is 14.6. The molecule has 106 valence electrons. The first-order chi connectivity index (χ1) is 9.75. The van der Waals surface area contributed by atoms with Crippen molar-refractivity contribution in [2.75, 3.05) is 13.1 Å². The van der Waals surface area contributed by atoms with Crippen molar-refractivity contribution < 1.29 is 10.2 Å². The van der Waals surface area contributed by atoms with Crippen LogP contribution < -0.4 is 5.32 Å². The van der Waals surface area contributed by atoms with Gasteiger partial charge in [-0.3, -0.25) is 0 Å². The van der Waals surface area contributed by atoms with E-state index >= 15 is 0 Å². The number of rotatable bonds is 7. The molecule has 0 saturated carbocycles. The van der Waals surface area contributed by atoms with Crippen molar-refractivity contribution in [1.82, 2.24) is 5.32 Å². The van der Waals surface area contributed by atoms with Crippen LogP contribution in [0.2, 0.25) is 0 Å². The van der Waals surface area contributed by atoms with Crippen LogP contribution in [-0.4, -0.2) is 23.3 Å². The fourth-order valence-corrected chi connectivity index (χ4v) is 2.16. The van der Waals surface area contributed by atoms with E-state index in [1.165, 1.54) is 0 Å². The Kier molecular flexibility index (Phi) is 5.59. The Balaban J connectivity index is 1.64. The molecule has 3 nitrogen and oxygen atoms in total. The van der Waals surface area contributed by atoms with Gasteiger partial charge in [-0.2, -0.15) is 0 Å². The fraction of sp³-hybridized carbons (Fsp3) is 0.294. The third-order valence-corrected chi connectivity index (χ3v) is 3.25. The molecule has 0 radical (unpaired) electrons. The number of aryl methyl sites for hydroxylation is 1. The maximum atomic E-state index is 9.98.